The molecule has 0 aliphatic carbocycles. The van der Waals surface area contributed by atoms with Crippen molar-refractivity contribution >= 4 is 17.0 Å². The summed E-state index contributed by atoms with van der Waals surface area (Å²) in [5.41, 5.74) is 2.34. The highest BCUT2D eigenvalue weighted by Gasteiger charge is 2.04. The van der Waals surface area contributed by atoms with Gasteiger partial charge in [0.15, 0.2) is 0 Å². The van der Waals surface area contributed by atoms with Crippen LogP contribution in [0.5, 0.6) is 0 Å². The molecule has 2 heterocycles. The zero-order valence-electron chi connectivity index (χ0n) is 7.32. The van der Waals surface area contributed by atoms with Gasteiger partial charge in [-0.3, -0.25) is 5.10 Å². The van der Waals surface area contributed by atoms with Crippen molar-refractivity contribution in [3.63, 3.8) is 0 Å². The first-order chi connectivity index (χ1) is 6.36. The maximum absolute atomic E-state index is 3.87. The van der Waals surface area contributed by atoms with E-state index in [2.05, 4.69) is 39.3 Å². The second-order valence-corrected chi connectivity index (χ2v) is 3.69. The fourth-order valence-corrected chi connectivity index (χ4v) is 1.94. The first kappa shape index (κ1) is 8.31. The van der Waals surface area contributed by atoms with E-state index in [4.69, 9.17) is 0 Å². The van der Waals surface area contributed by atoms with Crippen molar-refractivity contribution < 1.29 is 0 Å². The highest BCUT2D eigenvalue weighted by molar-refractivity contribution is 7.07. The van der Waals surface area contributed by atoms with E-state index < -0.39 is 0 Å². The van der Waals surface area contributed by atoms with Crippen LogP contribution < -0.4 is 5.32 Å². The minimum Gasteiger partial charge on any atom is -0.376 e. The van der Waals surface area contributed by atoms with Gasteiger partial charge in [-0.1, -0.05) is 0 Å². The second kappa shape index (κ2) is 3.62. The number of nitrogens with one attached hydrogen (secondary N) is 2. The van der Waals surface area contributed by atoms with Crippen LogP contribution in [0.15, 0.2) is 29.2 Å². The number of hydrogen-bond donors (Lipinski definition) is 2. The van der Waals surface area contributed by atoms with Crippen LogP contribution in [0.1, 0.15) is 18.5 Å². The fraction of sp³-hybridized carbons (Fsp3) is 0.222. The molecule has 0 spiro atoms. The van der Waals surface area contributed by atoms with Crippen LogP contribution in [0, 0.1) is 0 Å². The smallest absolute Gasteiger partial charge is 0.0728 e. The minimum atomic E-state index is 0.337. The highest BCUT2D eigenvalue weighted by atomic mass is 32.1. The summed E-state index contributed by atoms with van der Waals surface area (Å²) in [5, 5.41) is 14.2. The van der Waals surface area contributed by atoms with Gasteiger partial charge in [0.1, 0.15) is 0 Å². The normalized spacial score (nSPS) is 12.7. The standard InChI is InChI=1S/C9H11N3S/c1-7(8-2-3-13-6-8)12-9-4-10-11-5-9/h2-7,12H,1H3,(H,10,11). The van der Waals surface area contributed by atoms with Crippen molar-refractivity contribution in [2.24, 2.45) is 0 Å². The van der Waals surface area contributed by atoms with E-state index in [0.29, 0.717) is 6.04 Å². The first-order valence-electron chi connectivity index (χ1n) is 4.13. The number of aromatic nitrogens is 2. The van der Waals surface area contributed by atoms with E-state index in [-0.39, 0.29) is 0 Å². The number of thiophene rings is 1. The Hall–Kier alpha value is -1.29. The Morgan fingerprint density at radius 1 is 1.62 bits per heavy atom. The van der Waals surface area contributed by atoms with Crippen LogP contribution >= 0.6 is 11.3 Å². The predicted molar refractivity (Wildman–Crippen MR) is 54.9 cm³/mol. The summed E-state index contributed by atoms with van der Waals surface area (Å²) >= 11 is 1.72. The zero-order valence-corrected chi connectivity index (χ0v) is 8.14. The maximum atomic E-state index is 3.87. The van der Waals surface area contributed by atoms with Crippen LogP contribution in [0.4, 0.5) is 5.69 Å². The average molecular weight is 193 g/mol. The third kappa shape index (κ3) is 1.89. The molecule has 0 aromatic carbocycles. The lowest BCUT2D eigenvalue weighted by Crippen LogP contribution is -2.04. The van der Waals surface area contributed by atoms with Crippen molar-refractivity contribution in [3.05, 3.63) is 34.8 Å². The number of H-pyrrole nitrogens is 1. The molecule has 0 aliphatic heterocycles. The maximum Gasteiger partial charge on any atom is 0.0728 e. The summed E-state index contributed by atoms with van der Waals surface area (Å²) in [6.07, 6.45) is 3.63. The third-order valence-corrected chi connectivity index (χ3v) is 2.63. The molecule has 4 heteroatoms. The Morgan fingerprint density at radius 3 is 3.15 bits per heavy atom. The Bertz CT molecular complexity index is 339. The lowest BCUT2D eigenvalue weighted by atomic mass is 10.2. The van der Waals surface area contributed by atoms with Crippen molar-refractivity contribution in [3.8, 4) is 0 Å². The van der Waals surface area contributed by atoms with E-state index in [9.17, 15) is 0 Å². The quantitative estimate of drug-likeness (QED) is 0.786. The van der Waals surface area contributed by atoms with Crippen LogP contribution in [0.25, 0.3) is 0 Å². The highest BCUT2D eigenvalue weighted by Crippen LogP contribution is 2.19. The lowest BCUT2D eigenvalue weighted by Gasteiger charge is -2.11. The van der Waals surface area contributed by atoms with Crippen LogP contribution in [-0.2, 0) is 0 Å². The molecule has 0 bridgehead atoms. The summed E-state index contributed by atoms with van der Waals surface area (Å²) in [5.74, 6) is 0. The van der Waals surface area contributed by atoms with Gasteiger partial charge in [-0.2, -0.15) is 16.4 Å². The largest absolute Gasteiger partial charge is 0.376 e. The number of anilines is 1. The van der Waals surface area contributed by atoms with Crippen molar-refractivity contribution in [2.45, 2.75) is 13.0 Å². The van der Waals surface area contributed by atoms with Crippen molar-refractivity contribution in [1.82, 2.24) is 10.2 Å². The lowest BCUT2D eigenvalue weighted by molar-refractivity contribution is 0.891. The molecule has 2 aromatic rings. The predicted octanol–water partition coefficient (Wildman–Crippen LogP) is 2.64. The summed E-state index contributed by atoms with van der Waals surface area (Å²) in [6.45, 7) is 2.13. The Labute approximate surface area is 80.8 Å². The first-order valence-corrected chi connectivity index (χ1v) is 5.08. The SMILES string of the molecule is CC(Nc1cn[nH]c1)c1ccsc1. The molecule has 0 fully saturated rings. The zero-order chi connectivity index (χ0) is 9.10. The van der Waals surface area contributed by atoms with Gasteiger partial charge in [0.05, 0.1) is 11.9 Å². The molecule has 2 N–H and O–H groups in total. The average Bonchev–Trinajstić information content (AvgIpc) is 2.74. The molecule has 0 saturated heterocycles. The molecule has 0 amide bonds. The molecule has 2 aromatic heterocycles. The van der Waals surface area contributed by atoms with Gasteiger partial charge in [-0.05, 0) is 29.3 Å². The van der Waals surface area contributed by atoms with E-state index in [1.807, 2.05) is 6.20 Å². The molecule has 0 radical (unpaired) electrons. The number of rotatable bonds is 3. The Balaban J connectivity index is 2.04. The van der Waals surface area contributed by atoms with Crippen LogP contribution in [-0.4, -0.2) is 10.2 Å². The monoisotopic (exact) mass is 193 g/mol. The molecule has 0 aliphatic rings. The Kier molecular flexibility index (Phi) is 2.31. The molecular formula is C9H11N3S. The number of nitrogens with zero attached hydrogens (tertiary/aromatic N) is 1. The van der Waals surface area contributed by atoms with Gasteiger partial charge < -0.3 is 5.32 Å². The van der Waals surface area contributed by atoms with Gasteiger partial charge >= 0.3 is 0 Å². The molecule has 68 valence electrons. The summed E-state index contributed by atoms with van der Waals surface area (Å²) in [6, 6.07) is 2.46. The van der Waals surface area contributed by atoms with E-state index in [1.54, 1.807) is 17.5 Å². The van der Waals surface area contributed by atoms with Crippen LogP contribution in [0.3, 0.4) is 0 Å². The van der Waals surface area contributed by atoms with E-state index in [1.165, 1.54) is 5.56 Å². The van der Waals surface area contributed by atoms with Gasteiger partial charge in [-0.15, -0.1) is 0 Å². The van der Waals surface area contributed by atoms with E-state index >= 15 is 0 Å². The second-order valence-electron chi connectivity index (χ2n) is 2.91. The summed E-state index contributed by atoms with van der Waals surface area (Å²) in [4.78, 5) is 0. The van der Waals surface area contributed by atoms with Crippen LogP contribution in [0.2, 0.25) is 0 Å². The fourth-order valence-electron chi connectivity index (χ4n) is 1.18. The summed E-state index contributed by atoms with van der Waals surface area (Å²) in [7, 11) is 0. The minimum absolute atomic E-state index is 0.337. The molecule has 2 rings (SSSR count). The molecule has 1 unspecified atom stereocenters. The van der Waals surface area contributed by atoms with Crippen molar-refractivity contribution in [1.29, 1.82) is 0 Å². The topological polar surface area (TPSA) is 40.7 Å². The summed E-state index contributed by atoms with van der Waals surface area (Å²) < 4.78 is 0. The molecular weight excluding hydrogens is 182 g/mol. The van der Waals surface area contributed by atoms with Gasteiger partial charge in [0.2, 0.25) is 0 Å². The third-order valence-electron chi connectivity index (χ3n) is 1.92. The molecule has 3 nitrogen and oxygen atoms in total. The van der Waals surface area contributed by atoms with Gasteiger partial charge in [-0.25, -0.2) is 0 Å². The number of aromatic amines is 1. The molecule has 13 heavy (non-hydrogen) atoms. The molecule has 0 saturated carbocycles. The van der Waals surface area contributed by atoms with Crippen molar-refractivity contribution in [2.75, 3.05) is 5.32 Å². The Morgan fingerprint density at radius 2 is 2.54 bits per heavy atom. The number of hydrogen-bond acceptors (Lipinski definition) is 3. The molecule has 1 atom stereocenters. The van der Waals surface area contributed by atoms with E-state index in [0.717, 1.165) is 5.69 Å². The van der Waals surface area contributed by atoms with Gasteiger partial charge in [0, 0.05) is 12.2 Å². The van der Waals surface area contributed by atoms with Gasteiger partial charge in [0.25, 0.3) is 0 Å².